The van der Waals surface area contributed by atoms with Gasteiger partial charge in [-0.3, -0.25) is 9.69 Å². The third-order valence-electron chi connectivity index (χ3n) is 6.22. The lowest BCUT2D eigenvalue weighted by Gasteiger charge is -2.35. The number of benzene rings is 1. The molecule has 6 nitrogen and oxygen atoms in total. The van der Waals surface area contributed by atoms with E-state index in [1.165, 1.54) is 5.57 Å². The largest absolute Gasteiger partial charge is 0.351 e. The van der Waals surface area contributed by atoms with Crippen molar-refractivity contribution in [2.24, 2.45) is 0 Å². The third-order valence-corrected chi connectivity index (χ3v) is 6.22. The molecule has 1 aliphatic heterocycles. The van der Waals surface area contributed by atoms with E-state index in [2.05, 4.69) is 40.8 Å². The van der Waals surface area contributed by atoms with Crippen LogP contribution in [0.1, 0.15) is 57.9 Å². The second kappa shape index (κ2) is 10.6. The molecule has 3 N–H and O–H groups in total. The predicted molar refractivity (Wildman–Crippen MR) is 120 cm³/mol. The van der Waals surface area contributed by atoms with Gasteiger partial charge in [0.2, 0.25) is 5.91 Å². The Morgan fingerprint density at radius 1 is 1.10 bits per heavy atom. The number of hydrogen-bond donors (Lipinski definition) is 3. The summed E-state index contributed by atoms with van der Waals surface area (Å²) in [6.45, 7) is 7.66. The summed E-state index contributed by atoms with van der Waals surface area (Å²) in [4.78, 5) is 28.1. The molecule has 30 heavy (non-hydrogen) atoms. The molecular weight excluding hydrogens is 376 g/mol. The van der Waals surface area contributed by atoms with Crippen LogP contribution in [0.2, 0.25) is 0 Å². The Morgan fingerprint density at radius 3 is 2.40 bits per heavy atom. The molecule has 1 heterocycles. The minimum atomic E-state index is -0.778. The second-order valence-corrected chi connectivity index (χ2v) is 8.91. The average Bonchev–Trinajstić information content (AvgIpc) is 3.22. The predicted octanol–water partition coefficient (Wildman–Crippen LogP) is 3.35. The third kappa shape index (κ3) is 6.33. The smallest absolute Gasteiger partial charge is 0.315 e. The Labute approximate surface area is 180 Å². The number of hydrogen-bond acceptors (Lipinski definition) is 3. The van der Waals surface area contributed by atoms with E-state index in [0.29, 0.717) is 19.4 Å². The molecule has 1 aromatic rings. The van der Waals surface area contributed by atoms with Crippen molar-refractivity contribution in [2.75, 3.05) is 19.6 Å². The molecule has 2 aliphatic rings. The molecule has 0 spiro atoms. The highest BCUT2D eigenvalue weighted by Gasteiger charge is 2.43. The Balaban J connectivity index is 1.49. The molecule has 0 atom stereocenters. The van der Waals surface area contributed by atoms with Crippen molar-refractivity contribution < 1.29 is 9.59 Å². The SMILES string of the molecule is CC(C)=CCN1CCC(NC(=O)C2(NC(=O)NCc3ccccc3)CCCC2)CC1. The molecule has 1 saturated carbocycles. The minimum absolute atomic E-state index is 0.0161. The average molecular weight is 413 g/mol. The van der Waals surface area contributed by atoms with E-state index in [9.17, 15) is 9.59 Å². The summed E-state index contributed by atoms with van der Waals surface area (Å²) in [5.74, 6) is -0.0161. The zero-order chi connectivity index (χ0) is 21.4. The van der Waals surface area contributed by atoms with Crippen LogP contribution < -0.4 is 16.0 Å². The number of nitrogens with zero attached hydrogens (tertiary/aromatic N) is 1. The number of allylic oxidation sites excluding steroid dienone is 1. The van der Waals surface area contributed by atoms with Crippen LogP contribution in [-0.2, 0) is 11.3 Å². The lowest BCUT2D eigenvalue weighted by atomic mass is 9.94. The van der Waals surface area contributed by atoms with Crippen molar-refractivity contribution >= 4 is 11.9 Å². The van der Waals surface area contributed by atoms with Gasteiger partial charge in [0, 0.05) is 32.2 Å². The maximum Gasteiger partial charge on any atom is 0.315 e. The number of urea groups is 1. The number of likely N-dealkylation sites (tertiary alicyclic amines) is 1. The number of piperidine rings is 1. The van der Waals surface area contributed by atoms with Gasteiger partial charge in [0.05, 0.1) is 0 Å². The molecule has 3 amide bonds. The highest BCUT2D eigenvalue weighted by molar-refractivity contribution is 5.91. The highest BCUT2D eigenvalue weighted by atomic mass is 16.2. The Hall–Kier alpha value is -2.34. The minimum Gasteiger partial charge on any atom is -0.351 e. The van der Waals surface area contributed by atoms with Gasteiger partial charge in [-0.15, -0.1) is 0 Å². The highest BCUT2D eigenvalue weighted by Crippen LogP contribution is 2.30. The first-order valence-corrected chi connectivity index (χ1v) is 11.2. The summed E-state index contributed by atoms with van der Waals surface area (Å²) in [5, 5.41) is 9.15. The molecule has 0 bridgehead atoms. The van der Waals surface area contributed by atoms with Crippen molar-refractivity contribution in [1.82, 2.24) is 20.9 Å². The van der Waals surface area contributed by atoms with Crippen LogP contribution in [-0.4, -0.2) is 48.1 Å². The van der Waals surface area contributed by atoms with Gasteiger partial charge >= 0.3 is 6.03 Å². The van der Waals surface area contributed by atoms with Gasteiger partial charge in [-0.05, 0) is 45.1 Å². The van der Waals surface area contributed by atoms with Crippen LogP contribution in [0.15, 0.2) is 42.0 Å². The van der Waals surface area contributed by atoms with E-state index < -0.39 is 5.54 Å². The number of rotatable bonds is 7. The molecule has 6 heteroatoms. The first-order valence-electron chi connectivity index (χ1n) is 11.2. The van der Waals surface area contributed by atoms with Crippen LogP contribution in [0.4, 0.5) is 4.79 Å². The van der Waals surface area contributed by atoms with Gasteiger partial charge in [0.1, 0.15) is 5.54 Å². The van der Waals surface area contributed by atoms with Crippen molar-refractivity contribution in [3.63, 3.8) is 0 Å². The molecule has 1 saturated heterocycles. The molecule has 1 aromatic carbocycles. The molecule has 0 radical (unpaired) electrons. The van der Waals surface area contributed by atoms with Gasteiger partial charge in [-0.1, -0.05) is 54.8 Å². The van der Waals surface area contributed by atoms with Gasteiger partial charge in [0.15, 0.2) is 0 Å². The van der Waals surface area contributed by atoms with Crippen molar-refractivity contribution in [3.05, 3.63) is 47.5 Å². The number of carbonyl (C=O) groups excluding carboxylic acids is 2. The van der Waals surface area contributed by atoms with E-state index in [4.69, 9.17) is 0 Å². The fraction of sp³-hybridized carbons (Fsp3) is 0.583. The van der Waals surface area contributed by atoms with Gasteiger partial charge in [-0.25, -0.2) is 4.79 Å². The molecule has 2 fully saturated rings. The van der Waals surface area contributed by atoms with Crippen LogP contribution >= 0.6 is 0 Å². The number of nitrogens with one attached hydrogen (secondary N) is 3. The first-order chi connectivity index (χ1) is 14.5. The Morgan fingerprint density at radius 2 is 1.77 bits per heavy atom. The van der Waals surface area contributed by atoms with E-state index in [0.717, 1.165) is 50.9 Å². The van der Waals surface area contributed by atoms with Crippen LogP contribution in [0.3, 0.4) is 0 Å². The van der Waals surface area contributed by atoms with E-state index in [1.807, 2.05) is 30.3 Å². The zero-order valence-electron chi connectivity index (χ0n) is 18.4. The summed E-state index contributed by atoms with van der Waals surface area (Å²) < 4.78 is 0. The fourth-order valence-electron chi connectivity index (χ4n) is 4.32. The quantitative estimate of drug-likeness (QED) is 0.602. The first kappa shape index (κ1) is 22.3. The van der Waals surface area contributed by atoms with Crippen LogP contribution in [0.5, 0.6) is 0 Å². The van der Waals surface area contributed by atoms with Crippen molar-refractivity contribution in [3.8, 4) is 0 Å². The Kier molecular flexibility index (Phi) is 7.91. The molecular formula is C24H36N4O2. The summed E-state index contributed by atoms with van der Waals surface area (Å²) in [5.41, 5.74) is 1.60. The summed E-state index contributed by atoms with van der Waals surface area (Å²) in [6.07, 6.45) is 7.51. The van der Waals surface area contributed by atoms with Gasteiger partial charge in [0.25, 0.3) is 0 Å². The van der Waals surface area contributed by atoms with Crippen LogP contribution in [0.25, 0.3) is 0 Å². The summed E-state index contributed by atoms with van der Waals surface area (Å²) in [7, 11) is 0. The molecule has 164 valence electrons. The van der Waals surface area contributed by atoms with Gasteiger partial charge in [-0.2, -0.15) is 0 Å². The Bertz CT molecular complexity index is 729. The lowest BCUT2D eigenvalue weighted by Crippen LogP contribution is -2.61. The maximum absolute atomic E-state index is 13.2. The maximum atomic E-state index is 13.2. The lowest BCUT2D eigenvalue weighted by molar-refractivity contribution is -0.128. The fourth-order valence-corrected chi connectivity index (χ4v) is 4.32. The number of amides is 3. The van der Waals surface area contributed by atoms with E-state index in [-0.39, 0.29) is 18.0 Å². The molecule has 3 rings (SSSR count). The van der Waals surface area contributed by atoms with Gasteiger partial charge < -0.3 is 16.0 Å². The topological polar surface area (TPSA) is 73.5 Å². The number of carbonyl (C=O) groups is 2. The summed E-state index contributed by atoms with van der Waals surface area (Å²) >= 11 is 0. The van der Waals surface area contributed by atoms with Crippen molar-refractivity contribution in [2.45, 2.75) is 70.5 Å². The molecule has 0 unspecified atom stereocenters. The zero-order valence-corrected chi connectivity index (χ0v) is 18.4. The van der Waals surface area contributed by atoms with Crippen LogP contribution in [0, 0.1) is 0 Å². The second-order valence-electron chi connectivity index (χ2n) is 8.91. The molecule has 1 aliphatic carbocycles. The standard InChI is InChI=1S/C24H36N4O2/c1-19(2)10-15-28-16-11-21(12-17-28)26-22(29)24(13-6-7-14-24)27-23(30)25-18-20-8-4-3-5-9-20/h3-5,8-10,21H,6-7,11-18H2,1-2H3,(H,26,29)(H2,25,27,30). The molecule has 0 aromatic heterocycles. The van der Waals surface area contributed by atoms with E-state index >= 15 is 0 Å². The van der Waals surface area contributed by atoms with Crippen molar-refractivity contribution in [1.29, 1.82) is 0 Å². The van der Waals surface area contributed by atoms with E-state index in [1.54, 1.807) is 0 Å². The monoisotopic (exact) mass is 412 g/mol. The summed E-state index contributed by atoms with van der Waals surface area (Å²) in [6, 6.07) is 9.72. The normalized spacial score (nSPS) is 19.1.